The molecule has 0 aliphatic carbocycles. The Morgan fingerprint density at radius 1 is 1.57 bits per heavy atom. The molecule has 0 amide bonds. The zero-order valence-corrected chi connectivity index (χ0v) is 7.99. The van der Waals surface area contributed by atoms with Gasteiger partial charge in [-0.1, -0.05) is 6.92 Å². The van der Waals surface area contributed by atoms with Gasteiger partial charge in [-0.2, -0.15) is 0 Å². The second-order valence-corrected chi connectivity index (χ2v) is 3.29. The molecule has 0 saturated heterocycles. The number of nitrogens with two attached hydrogens (primary N) is 1. The van der Waals surface area contributed by atoms with Crippen LogP contribution in [0.15, 0.2) is 12.1 Å². The van der Waals surface area contributed by atoms with Crippen LogP contribution in [0.4, 0.5) is 5.69 Å². The molecule has 4 nitrogen and oxygen atoms in total. The number of phenols is 1. The normalized spacial score (nSPS) is 19.4. The standard InChI is InChI=1S/C10H13NO3/c1-2-6-5-13-8-4-3-7(11)9(12)10(8)14-6/h3-4,6,12H,2,5,11H2,1H3. The van der Waals surface area contributed by atoms with E-state index >= 15 is 0 Å². The molecule has 76 valence electrons. The summed E-state index contributed by atoms with van der Waals surface area (Å²) in [5, 5.41) is 9.63. The monoisotopic (exact) mass is 195 g/mol. The molecule has 1 unspecified atom stereocenters. The molecule has 1 atom stereocenters. The van der Waals surface area contributed by atoms with Crippen LogP contribution in [0, 0.1) is 0 Å². The van der Waals surface area contributed by atoms with Crippen LogP contribution in [0.5, 0.6) is 17.2 Å². The van der Waals surface area contributed by atoms with E-state index in [1.54, 1.807) is 12.1 Å². The highest BCUT2D eigenvalue weighted by Gasteiger charge is 2.23. The van der Waals surface area contributed by atoms with E-state index in [9.17, 15) is 5.11 Å². The van der Waals surface area contributed by atoms with Gasteiger partial charge in [0.2, 0.25) is 5.75 Å². The van der Waals surface area contributed by atoms with Gasteiger partial charge >= 0.3 is 0 Å². The molecule has 0 aromatic heterocycles. The zero-order valence-electron chi connectivity index (χ0n) is 7.99. The Kier molecular flexibility index (Phi) is 2.11. The molecule has 0 spiro atoms. The molecule has 1 heterocycles. The van der Waals surface area contributed by atoms with E-state index in [1.807, 2.05) is 6.92 Å². The van der Waals surface area contributed by atoms with E-state index in [0.29, 0.717) is 23.8 Å². The molecule has 1 aromatic rings. The number of aromatic hydroxyl groups is 1. The van der Waals surface area contributed by atoms with Crippen LogP contribution >= 0.6 is 0 Å². The molecular formula is C10H13NO3. The number of hydrogen-bond donors (Lipinski definition) is 2. The molecule has 14 heavy (non-hydrogen) atoms. The van der Waals surface area contributed by atoms with Gasteiger partial charge in [0.05, 0.1) is 5.69 Å². The van der Waals surface area contributed by atoms with Crippen LogP contribution in [0.3, 0.4) is 0 Å². The molecule has 0 fully saturated rings. The molecule has 0 saturated carbocycles. The maximum atomic E-state index is 9.63. The lowest BCUT2D eigenvalue weighted by atomic mass is 10.2. The second kappa shape index (κ2) is 3.29. The highest BCUT2D eigenvalue weighted by molar-refractivity contribution is 5.65. The first-order chi connectivity index (χ1) is 6.72. The Morgan fingerprint density at radius 2 is 2.36 bits per heavy atom. The third kappa shape index (κ3) is 1.32. The van der Waals surface area contributed by atoms with Gasteiger partial charge in [0.25, 0.3) is 0 Å². The predicted molar refractivity (Wildman–Crippen MR) is 52.7 cm³/mol. The van der Waals surface area contributed by atoms with Gasteiger partial charge in [-0.15, -0.1) is 0 Å². The Bertz CT molecular complexity index is 351. The lowest BCUT2D eigenvalue weighted by Crippen LogP contribution is -2.28. The third-order valence-electron chi connectivity index (χ3n) is 2.29. The SMILES string of the molecule is CCC1COc2ccc(N)c(O)c2O1. The number of benzene rings is 1. The predicted octanol–water partition coefficient (Wildman–Crippen LogP) is 1.52. The highest BCUT2D eigenvalue weighted by Crippen LogP contribution is 2.43. The Labute approximate surface area is 82.2 Å². The number of hydrogen-bond acceptors (Lipinski definition) is 4. The highest BCUT2D eigenvalue weighted by atomic mass is 16.6. The second-order valence-electron chi connectivity index (χ2n) is 3.29. The lowest BCUT2D eigenvalue weighted by Gasteiger charge is -2.26. The summed E-state index contributed by atoms with van der Waals surface area (Å²) in [6.45, 7) is 2.52. The Morgan fingerprint density at radius 3 is 3.07 bits per heavy atom. The van der Waals surface area contributed by atoms with Crippen molar-refractivity contribution in [2.75, 3.05) is 12.3 Å². The Balaban J connectivity index is 2.38. The summed E-state index contributed by atoms with van der Waals surface area (Å²) in [6, 6.07) is 3.31. The third-order valence-corrected chi connectivity index (χ3v) is 2.29. The van der Waals surface area contributed by atoms with Crippen LogP contribution in [0.2, 0.25) is 0 Å². The van der Waals surface area contributed by atoms with Crippen molar-refractivity contribution in [1.29, 1.82) is 0 Å². The van der Waals surface area contributed by atoms with Gasteiger partial charge in [-0.3, -0.25) is 0 Å². The molecule has 1 aliphatic rings. The first kappa shape index (κ1) is 8.99. The van der Waals surface area contributed by atoms with Crippen molar-refractivity contribution in [2.24, 2.45) is 0 Å². The van der Waals surface area contributed by atoms with Crippen LogP contribution in [-0.2, 0) is 0 Å². The van der Waals surface area contributed by atoms with E-state index in [-0.39, 0.29) is 11.9 Å². The number of phenolic OH excluding ortho intramolecular Hbond substituents is 1. The minimum atomic E-state index is -0.0272. The summed E-state index contributed by atoms with van der Waals surface area (Å²) in [6.07, 6.45) is 0.837. The quantitative estimate of drug-likeness (QED) is 0.526. The summed E-state index contributed by atoms with van der Waals surface area (Å²) in [5.41, 5.74) is 5.85. The molecule has 2 rings (SSSR count). The first-order valence-corrected chi connectivity index (χ1v) is 4.63. The first-order valence-electron chi connectivity index (χ1n) is 4.63. The van der Waals surface area contributed by atoms with Crippen molar-refractivity contribution in [3.05, 3.63) is 12.1 Å². The summed E-state index contributed by atoms with van der Waals surface area (Å²) in [4.78, 5) is 0. The fourth-order valence-corrected chi connectivity index (χ4v) is 1.38. The summed E-state index contributed by atoms with van der Waals surface area (Å²) >= 11 is 0. The molecular weight excluding hydrogens is 182 g/mol. The van der Waals surface area contributed by atoms with Gasteiger partial charge in [-0.25, -0.2) is 0 Å². The largest absolute Gasteiger partial charge is 0.503 e. The minimum absolute atomic E-state index is 0.00444. The van der Waals surface area contributed by atoms with E-state index in [4.69, 9.17) is 15.2 Å². The lowest BCUT2D eigenvalue weighted by molar-refractivity contribution is 0.0848. The average Bonchev–Trinajstić information content (AvgIpc) is 2.23. The Hall–Kier alpha value is -1.58. The molecule has 0 radical (unpaired) electrons. The van der Waals surface area contributed by atoms with Gasteiger partial charge in [0, 0.05) is 0 Å². The minimum Gasteiger partial charge on any atom is -0.503 e. The van der Waals surface area contributed by atoms with Crippen molar-refractivity contribution in [3.8, 4) is 17.2 Å². The van der Waals surface area contributed by atoms with Crippen LogP contribution in [-0.4, -0.2) is 17.8 Å². The van der Waals surface area contributed by atoms with Gasteiger partial charge in [-0.05, 0) is 18.6 Å². The van der Waals surface area contributed by atoms with E-state index in [2.05, 4.69) is 0 Å². The van der Waals surface area contributed by atoms with Gasteiger partial charge in [0.1, 0.15) is 12.7 Å². The van der Waals surface area contributed by atoms with Crippen LogP contribution in [0.25, 0.3) is 0 Å². The summed E-state index contributed by atoms with van der Waals surface area (Å²) in [5.74, 6) is 0.894. The molecule has 4 heteroatoms. The fraction of sp³-hybridized carbons (Fsp3) is 0.400. The van der Waals surface area contributed by atoms with E-state index in [0.717, 1.165) is 6.42 Å². The molecule has 1 aromatic carbocycles. The number of anilines is 1. The topological polar surface area (TPSA) is 64.7 Å². The van der Waals surface area contributed by atoms with E-state index in [1.165, 1.54) is 0 Å². The number of fused-ring (bicyclic) bond motifs is 1. The van der Waals surface area contributed by atoms with Crippen LogP contribution in [0.1, 0.15) is 13.3 Å². The maximum absolute atomic E-state index is 9.63. The molecule has 1 aliphatic heterocycles. The van der Waals surface area contributed by atoms with E-state index < -0.39 is 0 Å². The van der Waals surface area contributed by atoms with Crippen LogP contribution < -0.4 is 15.2 Å². The number of ether oxygens (including phenoxy) is 2. The number of nitrogen functional groups attached to an aromatic ring is 1. The van der Waals surface area contributed by atoms with Crippen molar-refractivity contribution >= 4 is 5.69 Å². The molecule has 3 N–H and O–H groups in total. The van der Waals surface area contributed by atoms with Crippen molar-refractivity contribution in [2.45, 2.75) is 19.4 Å². The smallest absolute Gasteiger partial charge is 0.205 e. The summed E-state index contributed by atoms with van der Waals surface area (Å²) < 4.78 is 11.0. The average molecular weight is 195 g/mol. The van der Waals surface area contributed by atoms with Crippen molar-refractivity contribution in [1.82, 2.24) is 0 Å². The fourth-order valence-electron chi connectivity index (χ4n) is 1.38. The number of rotatable bonds is 1. The molecule has 0 bridgehead atoms. The van der Waals surface area contributed by atoms with Gasteiger partial charge in [0.15, 0.2) is 11.5 Å². The summed E-state index contributed by atoms with van der Waals surface area (Å²) in [7, 11) is 0. The van der Waals surface area contributed by atoms with Crippen molar-refractivity contribution in [3.63, 3.8) is 0 Å². The van der Waals surface area contributed by atoms with Gasteiger partial charge < -0.3 is 20.3 Å². The zero-order chi connectivity index (χ0) is 10.1. The maximum Gasteiger partial charge on any atom is 0.205 e. The van der Waals surface area contributed by atoms with Crippen molar-refractivity contribution < 1.29 is 14.6 Å².